The Morgan fingerprint density at radius 2 is 1.55 bits per heavy atom. The van der Waals surface area contributed by atoms with Crippen LogP contribution in [0, 0.1) is 5.92 Å². The molecule has 0 aromatic carbocycles. The molecule has 0 aliphatic carbocycles. The molecule has 0 aliphatic rings. The smallest absolute Gasteiger partial charge is 0.292 e. The van der Waals surface area contributed by atoms with Crippen molar-refractivity contribution in [2.45, 2.75) is 5.44 Å². The summed E-state index contributed by atoms with van der Waals surface area (Å²) in [5.41, 5.74) is -2.13. The van der Waals surface area contributed by atoms with Crippen LogP contribution in [0.15, 0.2) is 0 Å². The normalized spacial score (nSPS) is 15.4. The third kappa shape index (κ3) is 3.12. The second kappa shape index (κ2) is 3.98. The molecule has 0 aromatic rings. The van der Waals surface area contributed by atoms with Crippen LogP contribution in [-0.2, 0) is 10.1 Å². The van der Waals surface area contributed by atoms with Gasteiger partial charge in [0, 0.05) is 5.92 Å². The minimum absolute atomic E-state index is 0.711. The lowest BCUT2D eigenvalue weighted by Gasteiger charge is -2.14. The maximum atomic E-state index is 10.2. The standard InChI is InChI=1S/C4H10O6S/c5-1-3(2-6)4(7)11(8,9)10/h3-7H,1-2H2,(H,8,9,10). The molecule has 1 unspecified atom stereocenters. The van der Waals surface area contributed by atoms with E-state index in [-0.39, 0.29) is 0 Å². The first-order chi connectivity index (χ1) is 4.93. The monoisotopic (exact) mass is 186 g/mol. The van der Waals surface area contributed by atoms with Gasteiger partial charge in [-0.15, -0.1) is 0 Å². The Morgan fingerprint density at radius 1 is 1.18 bits per heavy atom. The van der Waals surface area contributed by atoms with E-state index in [9.17, 15) is 8.42 Å². The predicted octanol–water partition coefficient (Wildman–Crippen LogP) is -2.21. The van der Waals surface area contributed by atoms with E-state index in [1.807, 2.05) is 0 Å². The topological polar surface area (TPSA) is 115 Å². The molecular formula is C4H10O6S. The fraction of sp³-hybridized carbons (Fsp3) is 1.00. The van der Waals surface area contributed by atoms with E-state index in [4.69, 9.17) is 19.9 Å². The van der Waals surface area contributed by atoms with E-state index in [2.05, 4.69) is 0 Å². The summed E-state index contributed by atoms with van der Waals surface area (Å²) in [7, 11) is -4.59. The molecule has 0 aliphatic heterocycles. The molecule has 11 heavy (non-hydrogen) atoms. The molecule has 0 spiro atoms. The van der Waals surface area contributed by atoms with Gasteiger partial charge < -0.3 is 15.3 Å². The van der Waals surface area contributed by atoms with Crippen LogP contribution in [0.1, 0.15) is 0 Å². The van der Waals surface area contributed by atoms with Crippen LogP contribution in [-0.4, -0.2) is 46.9 Å². The van der Waals surface area contributed by atoms with E-state index in [1.165, 1.54) is 0 Å². The van der Waals surface area contributed by atoms with Gasteiger partial charge in [0.25, 0.3) is 10.1 Å². The summed E-state index contributed by atoms with van der Waals surface area (Å²) in [4.78, 5) is 0. The average Bonchev–Trinajstić information content (AvgIpc) is 1.88. The molecule has 68 valence electrons. The van der Waals surface area contributed by atoms with Gasteiger partial charge in [0.15, 0.2) is 5.44 Å². The molecule has 6 nitrogen and oxygen atoms in total. The Hall–Kier alpha value is -0.210. The van der Waals surface area contributed by atoms with Crippen molar-refractivity contribution in [3.63, 3.8) is 0 Å². The summed E-state index contributed by atoms with van der Waals surface area (Å²) in [6, 6.07) is 0. The van der Waals surface area contributed by atoms with Gasteiger partial charge in [0.2, 0.25) is 0 Å². The SMILES string of the molecule is O=S(=O)(O)C(O)C(CO)CO. The predicted molar refractivity (Wildman–Crippen MR) is 35.2 cm³/mol. The zero-order valence-corrected chi connectivity index (χ0v) is 6.40. The van der Waals surface area contributed by atoms with E-state index in [0.717, 1.165) is 0 Å². The largest absolute Gasteiger partial charge is 0.396 e. The number of aliphatic hydroxyl groups excluding tert-OH is 3. The summed E-state index contributed by atoms with van der Waals surface area (Å²) in [5.74, 6) is -1.26. The summed E-state index contributed by atoms with van der Waals surface area (Å²) in [6.45, 7) is -1.42. The zero-order valence-electron chi connectivity index (χ0n) is 5.58. The Bertz CT molecular complexity index is 193. The molecule has 0 saturated heterocycles. The van der Waals surface area contributed by atoms with Crippen molar-refractivity contribution in [3.8, 4) is 0 Å². The van der Waals surface area contributed by atoms with Gasteiger partial charge in [0.05, 0.1) is 13.2 Å². The van der Waals surface area contributed by atoms with Gasteiger partial charge >= 0.3 is 0 Å². The molecule has 0 bridgehead atoms. The van der Waals surface area contributed by atoms with Crippen molar-refractivity contribution >= 4 is 10.1 Å². The second-order valence-corrected chi connectivity index (χ2v) is 3.54. The van der Waals surface area contributed by atoms with Crippen molar-refractivity contribution < 1.29 is 28.3 Å². The molecule has 7 heteroatoms. The highest BCUT2D eigenvalue weighted by molar-refractivity contribution is 7.86. The van der Waals surface area contributed by atoms with Crippen molar-refractivity contribution in [3.05, 3.63) is 0 Å². The number of hydrogen-bond donors (Lipinski definition) is 4. The van der Waals surface area contributed by atoms with Gasteiger partial charge in [-0.2, -0.15) is 8.42 Å². The van der Waals surface area contributed by atoms with Crippen molar-refractivity contribution in [1.29, 1.82) is 0 Å². The first-order valence-corrected chi connectivity index (χ1v) is 4.30. The number of aliphatic hydroxyl groups is 3. The maximum Gasteiger partial charge on any atom is 0.292 e. The van der Waals surface area contributed by atoms with E-state index >= 15 is 0 Å². The summed E-state index contributed by atoms with van der Waals surface area (Å²) < 4.78 is 28.6. The average molecular weight is 186 g/mol. The fourth-order valence-corrected chi connectivity index (χ4v) is 1.14. The highest BCUT2D eigenvalue weighted by atomic mass is 32.2. The molecule has 4 N–H and O–H groups in total. The molecule has 0 rings (SSSR count). The second-order valence-electron chi connectivity index (χ2n) is 2.03. The Morgan fingerprint density at radius 3 is 1.64 bits per heavy atom. The fourth-order valence-electron chi connectivity index (χ4n) is 0.481. The number of hydrogen-bond acceptors (Lipinski definition) is 5. The van der Waals surface area contributed by atoms with E-state index in [1.54, 1.807) is 0 Å². The van der Waals surface area contributed by atoms with Gasteiger partial charge in [0.1, 0.15) is 0 Å². The van der Waals surface area contributed by atoms with Crippen LogP contribution in [0.25, 0.3) is 0 Å². The Balaban J connectivity index is 4.33. The minimum atomic E-state index is -4.59. The third-order valence-electron chi connectivity index (χ3n) is 1.18. The van der Waals surface area contributed by atoms with E-state index in [0.29, 0.717) is 0 Å². The van der Waals surface area contributed by atoms with Crippen molar-refractivity contribution in [2.24, 2.45) is 5.92 Å². The van der Waals surface area contributed by atoms with Crippen molar-refractivity contribution in [2.75, 3.05) is 13.2 Å². The lowest BCUT2D eigenvalue weighted by molar-refractivity contribution is 0.0696. The summed E-state index contributed by atoms with van der Waals surface area (Å²) >= 11 is 0. The van der Waals surface area contributed by atoms with Crippen LogP contribution in [0.4, 0.5) is 0 Å². The van der Waals surface area contributed by atoms with Crippen LogP contribution < -0.4 is 0 Å². The van der Waals surface area contributed by atoms with Gasteiger partial charge in [-0.3, -0.25) is 4.55 Å². The maximum absolute atomic E-state index is 10.2. The van der Waals surface area contributed by atoms with Gasteiger partial charge in [-0.05, 0) is 0 Å². The van der Waals surface area contributed by atoms with Crippen LogP contribution >= 0.6 is 0 Å². The van der Waals surface area contributed by atoms with E-state index < -0.39 is 34.7 Å². The van der Waals surface area contributed by atoms with Gasteiger partial charge in [-0.1, -0.05) is 0 Å². The third-order valence-corrected chi connectivity index (χ3v) is 2.17. The lowest BCUT2D eigenvalue weighted by Crippen LogP contribution is -2.33. The first kappa shape index (κ1) is 10.8. The molecule has 0 aromatic heterocycles. The van der Waals surface area contributed by atoms with Gasteiger partial charge in [-0.25, -0.2) is 0 Å². The molecular weight excluding hydrogens is 176 g/mol. The molecule has 1 atom stereocenters. The molecule has 0 heterocycles. The highest BCUT2D eigenvalue weighted by Crippen LogP contribution is 2.07. The molecule has 0 saturated carbocycles. The molecule has 0 amide bonds. The van der Waals surface area contributed by atoms with Crippen LogP contribution in [0.3, 0.4) is 0 Å². The van der Waals surface area contributed by atoms with Crippen molar-refractivity contribution in [1.82, 2.24) is 0 Å². The first-order valence-electron chi connectivity index (χ1n) is 2.79. The Labute approximate surface area is 63.8 Å². The minimum Gasteiger partial charge on any atom is -0.396 e. The quantitative estimate of drug-likeness (QED) is 0.370. The Kier molecular flexibility index (Phi) is 3.90. The number of rotatable bonds is 4. The zero-order chi connectivity index (χ0) is 9.07. The van der Waals surface area contributed by atoms with Crippen LogP contribution in [0.2, 0.25) is 0 Å². The van der Waals surface area contributed by atoms with Crippen LogP contribution in [0.5, 0.6) is 0 Å². The summed E-state index contributed by atoms with van der Waals surface area (Å²) in [6.07, 6.45) is 0. The lowest BCUT2D eigenvalue weighted by atomic mass is 10.2. The summed E-state index contributed by atoms with van der Waals surface area (Å²) in [5, 5.41) is 25.4. The molecule has 0 radical (unpaired) electrons. The highest BCUT2D eigenvalue weighted by Gasteiger charge is 2.28. The molecule has 0 fully saturated rings.